The number of nitrogens with one attached hydrogen (secondary N) is 1. The van der Waals surface area contributed by atoms with Gasteiger partial charge < -0.3 is 10.5 Å². The number of ether oxygens (including phenoxy) is 1. The molecule has 19 heavy (non-hydrogen) atoms. The summed E-state index contributed by atoms with van der Waals surface area (Å²) in [5, 5.41) is 6.68. The highest BCUT2D eigenvalue weighted by Gasteiger charge is 2.15. The molecule has 2 rings (SSSR count). The van der Waals surface area contributed by atoms with Crippen molar-refractivity contribution in [3.05, 3.63) is 36.0 Å². The van der Waals surface area contributed by atoms with Gasteiger partial charge in [-0.3, -0.25) is 5.10 Å². The monoisotopic (exact) mass is 259 g/mol. The predicted molar refractivity (Wildman–Crippen MR) is 77.8 cm³/mol. The molecule has 0 radical (unpaired) electrons. The summed E-state index contributed by atoms with van der Waals surface area (Å²) in [6, 6.07) is 8.42. The number of nitrogen functional groups attached to an aromatic ring is 1. The minimum atomic E-state index is -0.0757. The van der Waals surface area contributed by atoms with Crippen LogP contribution in [0.2, 0.25) is 0 Å². The van der Waals surface area contributed by atoms with Crippen molar-refractivity contribution in [2.24, 2.45) is 0 Å². The maximum Gasteiger partial charge on any atom is 0.126 e. The number of aromatic nitrogens is 2. The van der Waals surface area contributed by atoms with Gasteiger partial charge in [0.2, 0.25) is 0 Å². The van der Waals surface area contributed by atoms with Crippen molar-refractivity contribution in [3.8, 4) is 11.1 Å². The number of nitrogens with zero attached hydrogens (tertiary/aromatic N) is 1. The average molecular weight is 259 g/mol. The lowest BCUT2D eigenvalue weighted by molar-refractivity contribution is 0.0158. The number of H-pyrrole nitrogens is 1. The molecule has 0 unspecified atom stereocenters. The summed E-state index contributed by atoms with van der Waals surface area (Å²) in [4.78, 5) is 0. The Morgan fingerprint density at radius 1 is 1.26 bits per heavy atom. The van der Waals surface area contributed by atoms with E-state index in [0.717, 1.165) is 24.0 Å². The lowest BCUT2D eigenvalue weighted by atomic mass is 9.97. The highest BCUT2D eigenvalue weighted by atomic mass is 16.5. The van der Waals surface area contributed by atoms with Gasteiger partial charge in [0.25, 0.3) is 0 Å². The van der Waals surface area contributed by atoms with Crippen molar-refractivity contribution in [1.29, 1.82) is 0 Å². The molecule has 0 saturated heterocycles. The topological polar surface area (TPSA) is 63.9 Å². The summed E-state index contributed by atoms with van der Waals surface area (Å²) in [5.41, 5.74) is 9.07. The van der Waals surface area contributed by atoms with E-state index in [1.165, 1.54) is 5.56 Å². The second-order valence-corrected chi connectivity index (χ2v) is 5.36. The molecule has 1 heterocycles. The molecule has 0 amide bonds. The molecule has 0 aliphatic heterocycles. The maximum absolute atomic E-state index is 5.81. The summed E-state index contributed by atoms with van der Waals surface area (Å²) in [6.07, 6.45) is 3.75. The first-order valence-corrected chi connectivity index (χ1v) is 6.45. The van der Waals surface area contributed by atoms with Gasteiger partial charge in [-0.1, -0.05) is 24.3 Å². The SMILES string of the molecule is COC(C)(C)CCc1ccc(-c2cn[nH]c2N)cc1. The van der Waals surface area contributed by atoms with Crippen LogP contribution in [0.1, 0.15) is 25.8 Å². The minimum Gasteiger partial charge on any atom is -0.384 e. The van der Waals surface area contributed by atoms with E-state index in [4.69, 9.17) is 10.5 Å². The van der Waals surface area contributed by atoms with Gasteiger partial charge in [-0.15, -0.1) is 0 Å². The Morgan fingerprint density at radius 3 is 2.47 bits per heavy atom. The van der Waals surface area contributed by atoms with Gasteiger partial charge >= 0.3 is 0 Å². The predicted octanol–water partition coefficient (Wildman–Crippen LogP) is 3.02. The summed E-state index contributed by atoms with van der Waals surface area (Å²) in [7, 11) is 1.75. The average Bonchev–Trinajstić information content (AvgIpc) is 2.83. The van der Waals surface area contributed by atoms with Crippen molar-refractivity contribution >= 4 is 5.82 Å². The highest BCUT2D eigenvalue weighted by Crippen LogP contribution is 2.24. The Morgan fingerprint density at radius 2 is 1.95 bits per heavy atom. The number of nitrogens with two attached hydrogens (primary N) is 1. The Balaban J connectivity index is 2.05. The Bertz CT molecular complexity index is 529. The van der Waals surface area contributed by atoms with E-state index in [1.807, 2.05) is 0 Å². The third kappa shape index (κ3) is 3.35. The van der Waals surface area contributed by atoms with Crippen molar-refractivity contribution < 1.29 is 4.74 Å². The smallest absolute Gasteiger partial charge is 0.126 e. The highest BCUT2D eigenvalue weighted by molar-refractivity contribution is 5.72. The quantitative estimate of drug-likeness (QED) is 0.867. The second-order valence-electron chi connectivity index (χ2n) is 5.36. The first-order valence-electron chi connectivity index (χ1n) is 6.45. The van der Waals surface area contributed by atoms with Crippen LogP contribution in [-0.2, 0) is 11.2 Å². The van der Waals surface area contributed by atoms with Crippen LogP contribution >= 0.6 is 0 Å². The molecule has 0 aliphatic rings. The molecule has 1 aromatic heterocycles. The molecular formula is C15H21N3O. The summed E-state index contributed by atoms with van der Waals surface area (Å²) in [5.74, 6) is 0.605. The largest absolute Gasteiger partial charge is 0.384 e. The van der Waals surface area contributed by atoms with E-state index in [0.29, 0.717) is 5.82 Å². The zero-order chi connectivity index (χ0) is 13.9. The molecule has 0 saturated carbocycles. The fraction of sp³-hybridized carbons (Fsp3) is 0.400. The summed E-state index contributed by atoms with van der Waals surface area (Å²) >= 11 is 0. The van der Waals surface area contributed by atoms with Crippen LogP contribution in [0.3, 0.4) is 0 Å². The molecule has 0 fully saturated rings. The molecule has 2 aromatic rings. The number of aromatic amines is 1. The van der Waals surface area contributed by atoms with Crippen LogP contribution in [-0.4, -0.2) is 22.9 Å². The first-order chi connectivity index (χ1) is 9.02. The number of hydrogen-bond acceptors (Lipinski definition) is 3. The van der Waals surface area contributed by atoms with Crippen LogP contribution in [0, 0.1) is 0 Å². The molecule has 0 aliphatic carbocycles. The first kappa shape index (κ1) is 13.6. The van der Waals surface area contributed by atoms with Gasteiger partial charge in [0.05, 0.1) is 11.8 Å². The van der Waals surface area contributed by atoms with Gasteiger partial charge in [-0.2, -0.15) is 5.10 Å². The van der Waals surface area contributed by atoms with E-state index in [2.05, 4.69) is 48.3 Å². The van der Waals surface area contributed by atoms with Crippen LogP contribution in [0.5, 0.6) is 0 Å². The van der Waals surface area contributed by atoms with Crippen molar-refractivity contribution in [1.82, 2.24) is 10.2 Å². The normalized spacial score (nSPS) is 11.7. The maximum atomic E-state index is 5.81. The van der Waals surface area contributed by atoms with Crippen LogP contribution < -0.4 is 5.73 Å². The van der Waals surface area contributed by atoms with Crippen molar-refractivity contribution in [3.63, 3.8) is 0 Å². The number of benzene rings is 1. The molecule has 1 aromatic carbocycles. The lowest BCUT2D eigenvalue weighted by Gasteiger charge is -2.22. The van der Waals surface area contributed by atoms with Gasteiger partial charge in [0.1, 0.15) is 5.82 Å². The minimum absolute atomic E-state index is 0.0757. The Kier molecular flexibility index (Phi) is 3.90. The van der Waals surface area contributed by atoms with Gasteiger partial charge in [-0.25, -0.2) is 0 Å². The molecule has 0 atom stereocenters. The molecule has 102 valence electrons. The number of anilines is 1. The molecule has 4 heteroatoms. The van der Waals surface area contributed by atoms with Crippen LogP contribution in [0.25, 0.3) is 11.1 Å². The summed E-state index contributed by atoms with van der Waals surface area (Å²) < 4.78 is 5.43. The molecule has 0 spiro atoms. The third-order valence-electron chi connectivity index (χ3n) is 3.50. The summed E-state index contributed by atoms with van der Waals surface area (Å²) in [6.45, 7) is 4.21. The molecular weight excluding hydrogens is 238 g/mol. The lowest BCUT2D eigenvalue weighted by Crippen LogP contribution is -2.22. The molecule has 3 N–H and O–H groups in total. The molecule has 0 bridgehead atoms. The van der Waals surface area contributed by atoms with E-state index < -0.39 is 0 Å². The Labute approximate surface area is 114 Å². The van der Waals surface area contributed by atoms with E-state index >= 15 is 0 Å². The van der Waals surface area contributed by atoms with Gasteiger partial charge in [0, 0.05) is 12.7 Å². The van der Waals surface area contributed by atoms with E-state index in [1.54, 1.807) is 13.3 Å². The van der Waals surface area contributed by atoms with Crippen LogP contribution in [0.4, 0.5) is 5.82 Å². The fourth-order valence-electron chi connectivity index (χ4n) is 1.92. The van der Waals surface area contributed by atoms with Gasteiger partial charge in [-0.05, 0) is 37.8 Å². The van der Waals surface area contributed by atoms with Gasteiger partial charge in [0.15, 0.2) is 0 Å². The Hall–Kier alpha value is -1.81. The van der Waals surface area contributed by atoms with Crippen molar-refractivity contribution in [2.75, 3.05) is 12.8 Å². The second kappa shape index (κ2) is 5.45. The standard InChI is InChI=1S/C15H21N3O/c1-15(2,19-3)9-8-11-4-6-12(7-5-11)13-10-17-18-14(13)16/h4-7,10H,8-9H2,1-3H3,(H3,16,17,18). The zero-order valence-corrected chi connectivity index (χ0v) is 11.7. The zero-order valence-electron chi connectivity index (χ0n) is 11.7. The molecule has 4 nitrogen and oxygen atoms in total. The van der Waals surface area contributed by atoms with Crippen molar-refractivity contribution in [2.45, 2.75) is 32.3 Å². The third-order valence-corrected chi connectivity index (χ3v) is 3.50. The fourth-order valence-corrected chi connectivity index (χ4v) is 1.92. The van der Waals surface area contributed by atoms with Crippen LogP contribution in [0.15, 0.2) is 30.5 Å². The number of rotatable bonds is 5. The van der Waals surface area contributed by atoms with E-state index in [9.17, 15) is 0 Å². The number of hydrogen-bond donors (Lipinski definition) is 2. The number of methoxy groups -OCH3 is 1. The van der Waals surface area contributed by atoms with E-state index in [-0.39, 0.29) is 5.60 Å². The number of aryl methyl sites for hydroxylation is 1.